The average molecular weight is 1360 g/mol. The Hall–Kier alpha value is -14.1. The lowest BCUT2D eigenvalue weighted by Gasteiger charge is -2.33. The number of hydrogen-bond acceptors (Lipinski definition) is 2. The van der Waals surface area contributed by atoms with Gasteiger partial charge in [0.15, 0.2) is 0 Å². The summed E-state index contributed by atoms with van der Waals surface area (Å²) in [5.41, 5.74) is 28.6. The Labute approximate surface area is 611 Å². The predicted molar refractivity (Wildman–Crippen MR) is 449 cm³/mol. The van der Waals surface area contributed by atoms with E-state index in [0.29, 0.717) is 0 Å². The molecule has 8 nitrogen and oxygen atoms in total. The molecule has 0 spiro atoms. The van der Waals surface area contributed by atoms with Crippen LogP contribution in [0.2, 0.25) is 0 Å². The van der Waals surface area contributed by atoms with Crippen molar-refractivity contribution >= 4 is 165 Å². The van der Waals surface area contributed by atoms with E-state index in [0.717, 1.165) is 34.1 Å². The highest BCUT2D eigenvalue weighted by Gasteiger charge is 2.32. The minimum atomic E-state index is 0. The van der Waals surface area contributed by atoms with Crippen molar-refractivity contribution in [2.75, 3.05) is 9.80 Å². The van der Waals surface area contributed by atoms with Crippen LogP contribution in [0.4, 0.5) is 34.1 Å². The normalized spacial score (nSPS) is 12.3. The van der Waals surface area contributed by atoms with Crippen molar-refractivity contribution in [3.8, 4) is 34.1 Å². The highest BCUT2D eigenvalue weighted by Crippen LogP contribution is 2.54. The summed E-state index contributed by atoms with van der Waals surface area (Å²) < 4.78 is 14.7. The van der Waals surface area contributed by atoms with Gasteiger partial charge >= 0.3 is 0 Å². The molecule has 6 aromatic heterocycles. The summed E-state index contributed by atoms with van der Waals surface area (Å²) >= 11 is 0. The Morgan fingerprint density at radius 3 is 0.868 bits per heavy atom. The third-order valence-corrected chi connectivity index (χ3v) is 22.3. The molecule has 8 heteroatoms. The Bertz CT molecular complexity index is 7240. The maximum absolute atomic E-state index is 2.49. The molecule has 106 heavy (non-hydrogen) atoms. The molecule has 24 rings (SSSR count). The molecule has 8 heterocycles. The highest BCUT2D eigenvalue weighted by atomic mass is 15.2. The summed E-state index contributed by atoms with van der Waals surface area (Å²) in [7, 11) is 0. The molecule has 0 radical (unpaired) electrons. The minimum absolute atomic E-state index is 0. The lowest BCUT2D eigenvalue weighted by atomic mass is 10.1. The SMILES string of the molecule is C.C.c1ccc(N2c3ccccc3-n3c4cc5c6ccccc6n(-c6ccc(-n7c8ccccc8c8ccccc87)cc6)c5cc4c4cccc2c43)cc1.c1ccc(N2c3ccccc3-n3c4ccc5c6ccccc6n(-c6ccc(-n7c8ccccc8c8ccccc87)cc6)c5c4c4cccc2c43)cc1. The van der Waals surface area contributed by atoms with Gasteiger partial charge in [-0.25, -0.2) is 0 Å². The monoisotopic (exact) mass is 1360 g/mol. The van der Waals surface area contributed by atoms with Crippen LogP contribution in [0, 0.1) is 0 Å². The quantitative estimate of drug-likeness (QED) is 0.166. The second-order valence-electron chi connectivity index (χ2n) is 27.6. The van der Waals surface area contributed by atoms with E-state index in [2.05, 4.69) is 401 Å². The maximum atomic E-state index is 2.49. The fourth-order valence-corrected chi connectivity index (χ4v) is 18.1. The summed E-state index contributed by atoms with van der Waals surface area (Å²) in [6.45, 7) is 0. The van der Waals surface area contributed by atoms with E-state index in [9.17, 15) is 0 Å². The molecule has 22 aromatic rings. The second-order valence-corrected chi connectivity index (χ2v) is 27.6. The van der Waals surface area contributed by atoms with Gasteiger partial charge in [0, 0.05) is 98.8 Å². The van der Waals surface area contributed by atoms with E-state index >= 15 is 0 Å². The fraction of sp³-hybridized carbons (Fsp3) is 0.0204. The summed E-state index contributed by atoms with van der Waals surface area (Å²) in [6.07, 6.45) is 0. The van der Waals surface area contributed by atoms with Crippen molar-refractivity contribution in [3.05, 3.63) is 364 Å². The van der Waals surface area contributed by atoms with Gasteiger partial charge in [0.1, 0.15) is 0 Å². The number of rotatable bonds is 6. The molecule has 0 amide bonds. The van der Waals surface area contributed by atoms with Crippen molar-refractivity contribution in [2.24, 2.45) is 0 Å². The van der Waals surface area contributed by atoms with Crippen LogP contribution in [0.5, 0.6) is 0 Å². The molecule has 0 atom stereocenters. The molecule has 0 saturated carbocycles. The Morgan fingerprint density at radius 1 is 0.142 bits per heavy atom. The van der Waals surface area contributed by atoms with E-state index in [1.54, 1.807) is 0 Å². The number of anilines is 6. The molecule has 500 valence electrons. The predicted octanol–water partition coefficient (Wildman–Crippen LogP) is 26.8. The lowest BCUT2D eigenvalue weighted by molar-refractivity contribution is 1.11. The van der Waals surface area contributed by atoms with Gasteiger partial charge in [-0.3, -0.25) is 0 Å². The van der Waals surface area contributed by atoms with E-state index in [4.69, 9.17) is 0 Å². The summed E-state index contributed by atoms with van der Waals surface area (Å²) in [5, 5.41) is 15.1. The first-order chi connectivity index (χ1) is 51.7. The van der Waals surface area contributed by atoms with Crippen LogP contribution in [0.3, 0.4) is 0 Å². The third-order valence-electron chi connectivity index (χ3n) is 22.3. The topological polar surface area (TPSA) is 36.1 Å². The molecular formula is C98H68N8. The molecule has 0 unspecified atom stereocenters. The van der Waals surface area contributed by atoms with Gasteiger partial charge in [0.05, 0.1) is 100 Å². The molecule has 2 aliphatic heterocycles. The molecule has 0 aliphatic carbocycles. The number of aromatic nitrogens is 6. The van der Waals surface area contributed by atoms with Gasteiger partial charge in [-0.2, -0.15) is 0 Å². The van der Waals surface area contributed by atoms with Gasteiger partial charge in [0.2, 0.25) is 0 Å². The Morgan fingerprint density at radius 2 is 0.425 bits per heavy atom. The maximum Gasteiger partial charge on any atom is 0.0784 e. The number of benzene rings is 16. The largest absolute Gasteiger partial charge is 0.309 e. The number of fused-ring (bicyclic) bond motifs is 23. The van der Waals surface area contributed by atoms with Gasteiger partial charge in [-0.05, 0) is 164 Å². The lowest BCUT2D eigenvalue weighted by Crippen LogP contribution is -2.17. The first-order valence-corrected chi connectivity index (χ1v) is 35.8. The van der Waals surface area contributed by atoms with Crippen LogP contribution in [0.1, 0.15) is 14.9 Å². The number of para-hydroxylation sites is 14. The van der Waals surface area contributed by atoms with E-state index in [1.165, 1.54) is 165 Å². The van der Waals surface area contributed by atoms with E-state index < -0.39 is 0 Å². The van der Waals surface area contributed by atoms with Crippen molar-refractivity contribution in [3.63, 3.8) is 0 Å². The minimum Gasteiger partial charge on any atom is -0.309 e. The van der Waals surface area contributed by atoms with Crippen molar-refractivity contribution < 1.29 is 0 Å². The van der Waals surface area contributed by atoms with Gasteiger partial charge in [-0.1, -0.05) is 215 Å². The average Bonchev–Trinajstić information content (AvgIpc) is 1.53. The standard InChI is InChI=1S/2C48H30N4.2CH4/c1-2-13-31(14-3-1)51-43-22-10-11-23-44(43)52-47-29-38-36-17-6-9-21-42(36)50(46(38)30-39(47)37-18-12-24-45(51)48(37)52)33-27-25-32(26-28-33)49-40-19-7-4-15-34(40)35-16-5-8-20-41(35)49;1-2-13-31(14-3-1)50-42-22-10-11-23-43(42)52-44-30-29-37-36-17-6-9-21-41(36)51(48(37)46(44)38-18-12-24-45(50)47(38)52)33-27-25-32(26-28-33)49-39-19-7-4-15-34(39)35-16-5-8-20-40(35)49;;/h2*1-30H;2*1H4. The molecule has 2 aliphatic rings. The molecule has 0 saturated heterocycles. The van der Waals surface area contributed by atoms with Gasteiger partial charge in [-0.15, -0.1) is 0 Å². The summed E-state index contributed by atoms with van der Waals surface area (Å²) in [6, 6.07) is 133. The van der Waals surface area contributed by atoms with Crippen LogP contribution in [-0.4, -0.2) is 27.4 Å². The van der Waals surface area contributed by atoms with Gasteiger partial charge in [0.25, 0.3) is 0 Å². The molecule has 0 bridgehead atoms. The molecule has 0 N–H and O–H groups in total. The van der Waals surface area contributed by atoms with E-state index in [1.807, 2.05) is 0 Å². The zero-order chi connectivity index (χ0) is 67.8. The van der Waals surface area contributed by atoms with Gasteiger partial charge < -0.3 is 37.2 Å². The molecular weight excluding hydrogens is 1290 g/mol. The van der Waals surface area contributed by atoms with Crippen molar-refractivity contribution in [1.82, 2.24) is 27.4 Å². The number of hydrogen-bond donors (Lipinski definition) is 0. The summed E-state index contributed by atoms with van der Waals surface area (Å²) in [5.74, 6) is 0. The first kappa shape index (κ1) is 60.7. The third kappa shape index (κ3) is 8.40. The Balaban J connectivity index is 0.000000134. The van der Waals surface area contributed by atoms with Crippen molar-refractivity contribution in [2.45, 2.75) is 14.9 Å². The van der Waals surface area contributed by atoms with Crippen LogP contribution < -0.4 is 9.80 Å². The van der Waals surface area contributed by atoms with Crippen molar-refractivity contribution in [1.29, 1.82) is 0 Å². The smallest absolute Gasteiger partial charge is 0.0784 e. The number of nitrogens with zero attached hydrogens (tertiary/aromatic N) is 8. The molecule has 0 fully saturated rings. The van der Waals surface area contributed by atoms with Crippen LogP contribution in [0.25, 0.3) is 165 Å². The van der Waals surface area contributed by atoms with E-state index in [-0.39, 0.29) is 14.9 Å². The van der Waals surface area contributed by atoms with Crippen LogP contribution in [0.15, 0.2) is 364 Å². The highest BCUT2D eigenvalue weighted by molar-refractivity contribution is 6.29. The first-order valence-electron chi connectivity index (χ1n) is 35.8. The van der Waals surface area contributed by atoms with Crippen LogP contribution in [-0.2, 0) is 0 Å². The summed E-state index contributed by atoms with van der Waals surface area (Å²) in [4.78, 5) is 4.82. The zero-order valence-corrected chi connectivity index (χ0v) is 56.2. The molecule has 16 aromatic carbocycles. The fourth-order valence-electron chi connectivity index (χ4n) is 18.1. The zero-order valence-electron chi connectivity index (χ0n) is 56.2. The second kappa shape index (κ2) is 23.2. The van der Waals surface area contributed by atoms with Crippen LogP contribution >= 0.6 is 0 Å². The Kier molecular flexibility index (Phi) is 13.3.